The summed E-state index contributed by atoms with van der Waals surface area (Å²) < 4.78 is 5.86. The van der Waals surface area contributed by atoms with E-state index in [1.807, 2.05) is 24.3 Å². The van der Waals surface area contributed by atoms with E-state index in [2.05, 4.69) is 27.6 Å². The van der Waals surface area contributed by atoms with Gasteiger partial charge in [-0.3, -0.25) is 0 Å². The van der Waals surface area contributed by atoms with E-state index in [1.165, 1.54) is 32.3 Å². The van der Waals surface area contributed by atoms with E-state index in [1.54, 1.807) is 0 Å². The van der Waals surface area contributed by atoms with Gasteiger partial charge in [-0.25, -0.2) is 0 Å². The van der Waals surface area contributed by atoms with Crippen molar-refractivity contribution in [2.45, 2.75) is 31.2 Å². The number of hydrogen-bond acceptors (Lipinski definition) is 5. The molecule has 0 amide bonds. The Bertz CT molecular complexity index is 596. The van der Waals surface area contributed by atoms with Gasteiger partial charge in [0.1, 0.15) is 12.1 Å². The van der Waals surface area contributed by atoms with Crippen LogP contribution in [0, 0.1) is 17.4 Å². The van der Waals surface area contributed by atoms with Crippen LogP contribution in [0.15, 0.2) is 34.6 Å². The van der Waals surface area contributed by atoms with Crippen molar-refractivity contribution in [3.05, 3.63) is 24.3 Å². The highest BCUT2D eigenvalue weighted by Crippen LogP contribution is 2.51. The van der Waals surface area contributed by atoms with Crippen LogP contribution in [-0.4, -0.2) is 43.5 Å². The Kier molecular flexibility index (Phi) is 5.65. The second-order valence-corrected chi connectivity index (χ2v) is 7.24. The summed E-state index contributed by atoms with van der Waals surface area (Å²) in [5.41, 5.74) is 14.2. The summed E-state index contributed by atoms with van der Waals surface area (Å²) in [6.45, 7) is 3.06. The van der Waals surface area contributed by atoms with Crippen molar-refractivity contribution in [1.82, 2.24) is 4.90 Å². The van der Waals surface area contributed by atoms with Gasteiger partial charge in [-0.2, -0.15) is 5.53 Å². The van der Waals surface area contributed by atoms with E-state index in [9.17, 15) is 0 Å². The molecule has 2 fully saturated rings. The molecule has 1 heterocycles. The lowest BCUT2D eigenvalue weighted by Gasteiger charge is -2.33. The predicted molar refractivity (Wildman–Crippen MR) is 99.1 cm³/mol. The molecule has 3 rings (SSSR count). The highest BCUT2D eigenvalue weighted by atomic mass is 16.5. The topological polar surface area (TPSA) is 99.1 Å². The van der Waals surface area contributed by atoms with Crippen LogP contribution in [-0.2, 0) is 0 Å². The number of benzene rings is 1. The average Bonchev–Trinajstić information content (AvgIpc) is 3.28. The number of anilines is 1. The molecule has 1 saturated heterocycles. The van der Waals surface area contributed by atoms with Crippen LogP contribution in [0.1, 0.15) is 25.7 Å². The maximum Gasteiger partial charge on any atom is 0.119 e. The highest BCUT2D eigenvalue weighted by molar-refractivity contribution is 5.75. The zero-order valence-corrected chi connectivity index (χ0v) is 14.8. The predicted octanol–water partition coefficient (Wildman–Crippen LogP) is 2.90. The van der Waals surface area contributed by atoms with E-state index < -0.39 is 0 Å². The molecule has 25 heavy (non-hydrogen) atoms. The Morgan fingerprint density at radius 3 is 2.76 bits per heavy atom. The van der Waals surface area contributed by atoms with Crippen molar-refractivity contribution in [3.63, 3.8) is 0 Å². The zero-order chi connectivity index (χ0) is 17.7. The Morgan fingerprint density at radius 1 is 1.36 bits per heavy atom. The molecule has 0 bridgehead atoms. The molecule has 0 radical (unpaired) electrons. The van der Waals surface area contributed by atoms with E-state index >= 15 is 0 Å². The molecule has 2 atom stereocenters. The maximum atomic E-state index is 6.65. The largest absolute Gasteiger partial charge is 0.494 e. The zero-order valence-electron chi connectivity index (χ0n) is 14.8. The fourth-order valence-corrected chi connectivity index (χ4v) is 3.88. The molecule has 0 spiro atoms. The molecular formula is C18H28N6O. The molecule has 1 saturated carbocycles. The summed E-state index contributed by atoms with van der Waals surface area (Å²) in [4.78, 5) is 2.40. The van der Waals surface area contributed by atoms with E-state index in [0.29, 0.717) is 18.4 Å². The van der Waals surface area contributed by atoms with Gasteiger partial charge in [0.2, 0.25) is 0 Å². The molecule has 2 unspecified atom stereocenters. The third kappa shape index (κ3) is 4.55. The van der Waals surface area contributed by atoms with Gasteiger partial charge in [0, 0.05) is 11.2 Å². The minimum atomic E-state index is 0.0562. The van der Waals surface area contributed by atoms with Gasteiger partial charge in [-0.1, -0.05) is 5.22 Å². The van der Waals surface area contributed by atoms with Gasteiger partial charge in [-0.05, 0) is 81.9 Å². The van der Waals surface area contributed by atoms with Crippen LogP contribution in [0.25, 0.3) is 0 Å². The summed E-state index contributed by atoms with van der Waals surface area (Å²) in [6.07, 6.45) is 6.01. The number of nitrogens with one attached hydrogen (secondary N) is 2. The molecule has 7 nitrogen and oxygen atoms in total. The first-order valence-electron chi connectivity index (χ1n) is 8.97. The standard InChI is InChI=1S/C18H28N6O/c1-24-9-6-14(7-10-24)18(19)12-15(18)8-11-25-17-4-2-16(3-5-17)21-13-22-23-20/h2-5,13-15H,6-12,19H2,1H3,(H2,20,21,22). The summed E-state index contributed by atoms with van der Waals surface area (Å²) in [7, 11) is 2.19. The second-order valence-electron chi connectivity index (χ2n) is 7.24. The van der Waals surface area contributed by atoms with Crippen molar-refractivity contribution in [1.29, 1.82) is 5.53 Å². The Balaban J connectivity index is 1.39. The number of nitrogens with zero attached hydrogens (tertiary/aromatic N) is 3. The van der Waals surface area contributed by atoms with Crippen LogP contribution in [0.2, 0.25) is 0 Å². The molecular weight excluding hydrogens is 316 g/mol. The fourth-order valence-electron chi connectivity index (χ4n) is 3.88. The third-order valence-electron chi connectivity index (χ3n) is 5.61. The Morgan fingerprint density at radius 2 is 2.08 bits per heavy atom. The molecule has 136 valence electrons. The van der Waals surface area contributed by atoms with Crippen molar-refractivity contribution in [2.24, 2.45) is 27.9 Å². The summed E-state index contributed by atoms with van der Waals surface area (Å²) in [6, 6.07) is 7.67. The highest BCUT2D eigenvalue weighted by Gasteiger charge is 2.55. The normalized spacial score (nSPS) is 27.4. The van der Waals surface area contributed by atoms with Gasteiger partial charge in [0.05, 0.1) is 6.61 Å². The third-order valence-corrected chi connectivity index (χ3v) is 5.61. The molecule has 1 aliphatic heterocycles. The van der Waals surface area contributed by atoms with E-state index in [0.717, 1.165) is 24.3 Å². The lowest BCUT2D eigenvalue weighted by atomic mass is 9.86. The average molecular weight is 344 g/mol. The number of rotatable bonds is 8. The van der Waals surface area contributed by atoms with Crippen molar-refractivity contribution in [3.8, 4) is 5.75 Å². The van der Waals surface area contributed by atoms with Gasteiger partial charge in [0.15, 0.2) is 0 Å². The first-order valence-corrected chi connectivity index (χ1v) is 8.97. The number of piperidine rings is 1. The maximum absolute atomic E-state index is 6.65. The van der Waals surface area contributed by atoms with Crippen molar-refractivity contribution < 1.29 is 4.74 Å². The number of ether oxygens (including phenoxy) is 1. The molecule has 1 aromatic carbocycles. The molecule has 4 N–H and O–H groups in total. The Hall–Kier alpha value is -1.99. The smallest absolute Gasteiger partial charge is 0.119 e. The first-order chi connectivity index (χ1) is 12.1. The molecule has 2 aliphatic rings. The number of nitrogens with two attached hydrogens (primary N) is 1. The van der Waals surface area contributed by atoms with E-state index in [4.69, 9.17) is 16.0 Å². The summed E-state index contributed by atoms with van der Waals surface area (Å²) >= 11 is 0. The summed E-state index contributed by atoms with van der Waals surface area (Å²) in [5, 5.41) is 9.26. The molecule has 1 aromatic rings. The van der Waals surface area contributed by atoms with Gasteiger partial charge in [0.25, 0.3) is 0 Å². The van der Waals surface area contributed by atoms with Crippen LogP contribution in [0.3, 0.4) is 0 Å². The SMILES string of the molecule is CN1CCC(C2(N)CC2CCOc2ccc(N/C=N\N=N)cc2)CC1. The minimum absolute atomic E-state index is 0.0562. The van der Waals surface area contributed by atoms with Gasteiger partial charge >= 0.3 is 0 Å². The van der Waals surface area contributed by atoms with Crippen LogP contribution >= 0.6 is 0 Å². The number of hydrogen-bond donors (Lipinski definition) is 3. The molecule has 1 aliphatic carbocycles. The molecule has 0 aromatic heterocycles. The fraction of sp³-hybridized carbons (Fsp3) is 0.611. The summed E-state index contributed by atoms with van der Waals surface area (Å²) in [5.74, 6) is 2.14. The van der Waals surface area contributed by atoms with Gasteiger partial charge < -0.3 is 20.7 Å². The van der Waals surface area contributed by atoms with Crippen molar-refractivity contribution >= 4 is 12.0 Å². The van der Waals surface area contributed by atoms with Crippen LogP contribution < -0.4 is 15.8 Å². The van der Waals surface area contributed by atoms with Crippen LogP contribution in [0.5, 0.6) is 5.75 Å². The van der Waals surface area contributed by atoms with Crippen LogP contribution in [0.4, 0.5) is 5.69 Å². The minimum Gasteiger partial charge on any atom is -0.494 e. The van der Waals surface area contributed by atoms with Gasteiger partial charge in [-0.15, -0.1) is 5.10 Å². The monoisotopic (exact) mass is 344 g/mol. The first kappa shape index (κ1) is 17.8. The van der Waals surface area contributed by atoms with E-state index in [-0.39, 0.29) is 5.54 Å². The lowest BCUT2D eigenvalue weighted by molar-refractivity contribution is 0.181. The second kappa shape index (κ2) is 7.93. The van der Waals surface area contributed by atoms with Crippen molar-refractivity contribution in [2.75, 3.05) is 32.1 Å². The lowest BCUT2D eigenvalue weighted by Crippen LogP contribution is -2.42. The quantitative estimate of drug-likeness (QED) is 0.292. The number of likely N-dealkylation sites (tertiary alicyclic amines) is 1. The Labute approximate surface area is 149 Å². The molecule has 7 heteroatoms.